The van der Waals surface area contributed by atoms with Gasteiger partial charge in [-0.3, -0.25) is 4.79 Å². The topological polar surface area (TPSA) is 124 Å². The Bertz CT molecular complexity index is 1440. The third-order valence-electron chi connectivity index (χ3n) is 6.47. The number of carbonyl (C=O) groups is 2. The van der Waals surface area contributed by atoms with Gasteiger partial charge in [-0.05, 0) is 59.0 Å². The van der Waals surface area contributed by atoms with E-state index in [9.17, 15) is 14.7 Å². The third kappa shape index (κ3) is 6.99. The number of nitrogens with one attached hydrogen (secondary N) is 1. The van der Waals surface area contributed by atoms with Crippen LogP contribution in [0.2, 0.25) is 0 Å². The highest BCUT2D eigenvalue weighted by atomic mass is 16.5. The maximum atomic E-state index is 12.5. The number of carboxylic acid groups (broad SMARTS) is 1. The molecule has 4 rings (SSSR count). The van der Waals surface area contributed by atoms with Crippen LogP contribution in [0.1, 0.15) is 53.9 Å². The number of methoxy groups -OCH3 is 1. The smallest absolute Gasteiger partial charge is 0.337 e. The predicted octanol–water partition coefficient (Wildman–Crippen LogP) is 5.94. The summed E-state index contributed by atoms with van der Waals surface area (Å²) in [7, 11) is 1.31. The summed E-state index contributed by atoms with van der Waals surface area (Å²) in [5.41, 5.74) is 2.00. The average molecular weight is 541 g/mol. The number of carbonyl (C=O) groups excluding carboxylic acids is 1. The molecular formula is C31H32N4O5. The molecule has 2 unspecified atom stereocenters. The van der Waals surface area contributed by atoms with E-state index in [-0.39, 0.29) is 6.01 Å². The van der Waals surface area contributed by atoms with Crippen molar-refractivity contribution < 1.29 is 24.2 Å². The monoisotopic (exact) mass is 540 g/mol. The number of nitrogens with zero attached hydrogens (tertiary/aromatic N) is 3. The molecule has 0 bridgehead atoms. The van der Waals surface area contributed by atoms with Crippen molar-refractivity contribution in [3.63, 3.8) is 0 Å². The molecule has 0 aliphatic heterocycles. The van der Waals surface area contributed by atoms with E-state index in [0.717, 1.165) is 11.4 Å². The zero-order chi connectivity index (χ0) is 28.7. The molecule has 9 heteroatoms. The van der Waals surface area contributed by atoms with E-state index >= 15 is 0 Å². The molecule has 0 aliphatic rings. The molecule has 0 radical (unpaired) electrons. The van der Waals surface area contributed by atoms with Gasteiger partial charge in [-0.25, -0.2) is 14.8 Å². The molecule has 2 atom stereocenters. The Morgan fingerprint density at radius 2 is 1.65 bits per heavy atom. The van der Waals surface area contributed by atoms with Crippen LogP contribution in [0.15, 0.2) is 85.2 Å². The molecule has 9 nitrogen and oxygen atoms in total. The fourth-order valence-corrected chi connectivity index (χ4v) is 4.51. The second-order valence-corrected chi connectivity index (χ2v) is 10.4. The SMILES string of the molecule is COC(=O)c1ccc(C(c2ccnc(Oc3ccc(CNc4ccccn4)cc3)n2)C(C(=O)O)C(C)(C)C)cc1. The van der Waals surface area contributed by atoms with E-state index < -0.39 is 29.2 Å². The van der Waals surface area contributed by atoms with Crippen molar-refractivity contribution >= 4 is 17.8 Å². The number of carboxylic acids is 1. The lowest BCUT2D eigenvalue weighted by molar-refractivity contribution is -0.146. The summed E-state index contributed by atoms with van der Waals surface area (Å²) >= 11 is 0. The van der Waals surface area contributed by atoms with Crippen LogP contribution in [0.25, 0.3) is 0 Å². The largest absolute Gasteiger partial charge is 0.481 e. The van der Waals surface area contributed by atoms with Crippen LogP contribution < -0.4 is 10.1 Å². The molecule has 0 saturated heterocycles. The zero-order valence-electron chi connectivity index (χ0n) is 22.9. The molecular weight excluding hydrogens is 508 g/mol. The van der Waals surface area contributed by atoms with Gasteiger partial charge < -0.3 is 19.9 Å². The van der Waals surface area contributed by atoms with Gasteiger partial charge in [-0.2, -0.15) is 4.98 Å². The summed E-state index contributed by atoms with van der Waals surface area (Å²) < 4.78 is 10.7. The average Bonchev–Trinajstić information content (AvgIpc) is 2.95. The van der Waals surface area contributed by atoms with Gasteiger partial charge in [0.1, 0.15) is 11.6 Å². The number of esters is 1. The molecule has 2 heterocycles. The first-order chi connectivity index (χ1) is 19.2. The number of aliphatic carboxylic acids is 1. The van der Waals surface area contributed by atoms with Crippen LogP contribution in [0.4, 0.5) is 5.82 Å². The molecule has 2 aromatic heterocycles. The van der Waals surface area contributed by atoms with Crippen molar-refractivity contribution in [2.75, 3.05) is 12.4 Å². The quantitative estimate of drug-likeness (QED) is 0.235. The number of pyridine rings is 1. The highest BCUT2D eigenvalue weighted by Gasteiger charge is 2.40. The molecule has 0 spiro atoms. The van der Waals surface area contributed by atoms with E-state index in [1.807, 2.05) is 63.2 Å². The summed E-state index contributed by atoms with van der Waals surface area (Å²) in [6, 6.07) is 21.7. The first kappa shape index (κ1) is 28.2. The third-order valence-corrected chi connectivity index (χ3v) is 6.47. The normalized spacial score (nSPS) is 12.7. The van der Waals surface area contributed by atoms with Gasteiger partial charge in [0, 0.05) is 24.9 Å². The highest BCUT2D eigenvalue weighted by molar-refractivity contribution is 5.89. The van der Waals surface area contributed by atoms with Gasteiger partial charge in [-0.1, -0.05) is 51.1 Å². The predicted molar refractivity (Wildman–Crippen MR) is 150 cm³/mol. The Morgan fingerprint density at radius 1 is 0.925 bits per heavy atom. The van der Waals surface area contributed by atoms with Crippen molar-refractivity contribution in [3.05, 3.63) is 108 Å². The second kappa shape index (κ2) is 12.4. The molecule has 0 fully saturated rings. The van der Waals surface area contributed by atoms with E-state index in [2.05, 4.69) is 20.3 Å². The van der Waals surface area contributed by atoms with Crippen molar-refractivity contribution in [1.29, 1.82) is 0 Å². The van der Waals surface area contributed by atoms with Crippen LogP contribution in [-0.2, 0) is 16.1 Å². The lowest BCUT2D eigenvalue weighted by Gasteiger charge is -2.34. The summed E-state index contributed by atoms with van der Waals surface area (Å²) in [4.78, 5) is 37.6. The number of rotatable bonds is 10. The Labute approximate surface area is 233 Å². The number of ether oxygens (including phenoxy) is 2. The molecule has 0 aliphatic carbocycles. The number of hydrogen-bond donors (Lipinski definition) is 2. The van der Waals surface area contributed by atoms with E-state index in [4.69, 9.17) is 9.47 Å². The van der Waals surface area contributed by atoms with E-state index in [1.54, 1.807) is 42.7 Å². The van der Waals surface area contributed by atoms with E-state index in [0.29, 0.717) is 29.1 Å². The van der Waals surface area contributed by atoms with Crippen molar-refractivity contribution in [2.45, 2.75) is 33.2 Å². The van der Waals surface area contributed by atoms with Crippen LogP contribution in [0.3, 0.4) is 0 Å². The number of anilines is 1. The second-order valence-electron chi connectivity index (χ2n) is 10.4. The summed E-state index contributed by atoms with van der Waals surface area (Å²) in [5, 5.41) is 13.5. The lowest BCUT2D eigenvalue weighted by Crippen LogP contribution is -2.35. The van der Waals surface area contributed by atoms with Crippen LogP contribution in [-0.4, -0.2) is 39.1 Å². The van der Waals surface area contributed by atoms with Gasteiger partial charge in [0.25, 0.3) is 0 Å². The molecule has 2 N–H and O–H groups in total. The maximum absolute atomic E-state index is 12.5. The van der Waals surface area contributed by atoms with Crippen molar-refractivity contribution in [3.8, 4) is 11.8 Å². The van der Waals surface area contributed by atoms with Crippen LogP contribution in [0.5, 0.6) is 11.8 Å². The molecule has 40 heavy (non-hydrogen) atoms. The van der Waals surface area contributed by atoms with Crippen molar-refractivity contribution in [1.82, 2.24) is 15.0 Å². The number of aromatic nitrogens is 3. The summed E-state index contributed by atoms with van der Waals surface area (Å²) in [6.45, 7) is 6.24. The highest BCUT2D eigenvalue weighted by Crippen LogP contribution is 2.42. The first-order valence-corrected chi connectivity index (χ1v) is 12.8. The van der Waals surface area contributed by atoms with Gasteiger partial charge in [0.2, 0.25) is 0 Å². The maximum Gasteiger partial charge on any atom is 0.337 e. The van der Waals surface area contributed by atoms with Gasteiger partial charge >= 0.3 is 17.9 Å². The van der Waals surface area contributed by atoms with Gasteiger partial charge in [0.15, 0.2) is 0 Å². The molecule has 206 valence electrons. The zero-order valence-corrected chi connectivity index (χ0v) is 22.9. The molecule has 4 aromatic rings. The van der Waals surface area contributed by atoms with Crippen LogP contribution in [0, 0.1) is 11.3 Å². The number of hydrogen-bond acceptors (Lipinski definition) is 8. The van der Waals surface area contributed by atoms with Crippen molar-refractivity contribution in [2.24, 2.45) is 11.3 Å². The lowest BCUT2D eigenvalue weighted by atomic mass is 9.69. The summed E-state index contributed by atoms with van der Waals surface area (Å²) in [6.07, 6.45) is 3.29. The molecule has 2 aromatic carbocycles. The van der Waals surface area contributed by atoms with Gasteiger partial charge in [-0.15, -0.1) is 0 Å². The Morgan fingerprint density at radius 3 is 2.25 bits per heavy atom. The minimum Gasteiger partial charge on any atom is -0.481 e. The number of benzene rings is 2. The van der Waals surface area contributed by atoms with E-state index in [1.165, 1.54) is 7.11 Å². The summed E-state index contributed by atoms with van der Waals surface area (Å²) in [5.74, 6) is -1.55. The Hall–Kier alpha value is -4.79. The molecule has 0 amide bonds. The van der Waals surface area contributed by atoms with Gasteiger partial charge in [0.05, 0.1) is 24.3 Å². The minimum atomic E-state index is -0.953. The Balaban J connectivity index is 1.59. The fourth-order valence-electron chi connectivity index (χ4n) is 4.51. The first-order valence-electron chi connectivity index (χ1n) is 12.8. The standard InChI is InChI=1S/C31H32N4O5/c1-31(2,3)27(28(36)37)26(21-10-12-22(13-11-21)29(38)39-4)24-16-18-33-30(35-24)40-23-14-8-20(9-15-23)19-34-25-7-5-6-17-32-25/h5-18,26-27H,19H2,1-4H3,(H,32,34)(H,36,37). The Kier molecular flexibility index (Phi) is 8.73. The minimum absolute atomic E-state index is 0.103. The fraction of sp³-hybridized carbons (Fsp3) is 0.258. The van der Waals surface area contributed by atoms with Crippen LogP contribution >= 0.6 is 0 Å². The molecule has 0 saturated carbocycles.